The summed E-state index contributed by atoms with van der Waals surface area (Å²) in [5.74, 6) is 0. The summed E-state index contributed by atoms with van der Waals surface area (Å²) < 4.78 is 4.99. The molecule has 0 amide bonds. The molecule has 0 bridgehead atoms. The van der Waals surface area contributed by atoms with Gasteiger partial charge in [-0.25, -0.2) is 4.98 Å². The number of hydrogen-bond donors (Lipinski definition) is 1. The molecular formula is C11H12N2O2. The fraction of sp³-hybridized carbons (Fsp3) is 0.273. The minimum atomic E-state index is -0.0979. The summed E-state index contributed by atoms with van der Waals surface area (Å²) in [6, 6.07) is 5.68. The molecule has 78 valence electrons. The Morgan fingerprint density at radius 1 is 1.47 bits per heavy atom. The van der Waals surface area contributed by atoms with Crippen LogP contribution in [0.5, 0.6) is 0 Å². The van der Waals surface area contributed by atoms with Crippen LogP contribution in [-0.2, 0) is 11.2 Å². The number of nitrogens with zero attached hydrogens (tertiary/aromatic N) is 1. The van der Waals surface area contributed by atoms with E-state index < -0.39 is 0 Å². The average Bonchev–Trinajstić information content (AvgIpc) is 2.27. The number of benzene rings is 1. The first-order valence-electron chi connectivity index (χ1n) is 4.76. The molecular weight excluding hydrogens is 192 g/mol. The first-order chi connectivity index (χ1) is 7.31. The van der Waals surface area contributed by atoms with Gasteiger partial charge in [-0.2, -0.15) is 0 Å². The molecule has 0 radical (unpaired) electrons. The molecule has 1 heterocycles. The third-order valence-corrected chi connectivity index (χ3v) is 2.30. The Morgan fingerprint density at radius 2 is 2.33 bits per heavy atom. The van der Waals surface area contributed by atoms with E-state index in [1.807, 2.05) is 18.2 Å². The van der Waals surface area contributed by atoms with Gasteiger partial charge in [-0.05, 0) is 24.1 Å². The van der Waals surface area contributed by atoms with Crippen LogP contribution >= 0.6 is 0 Å². The predicted molar refractivity (Wildman–Crippen MR) is 57.9 cm³/mol. The van der Waals surface area contributed by atoms with Crippen molar-refractivity contribution in [1.82, 2.24) is 9.97 Å². The van der Waals surface area contributed by atoms with Gasteiger partial charge in [0.15, 0.2) is 0 Å². The predicted octanol–water partition coefficient (Wildman–Crippen LogP) is 1.11. The number of aromatic amines is 1. The van der Waals surface area contributed by atoms with Crippen molar-refractivity contribution in [3.63, 3.8) is 0 Å². The normalized spacial score (nSPS) is 10.7. The van der Waals surface area contributed by atoms with E-state index in [1.54, 1.807) is 7.11 Å². The largest absolute Gasteiger partial charge is 0.384 e. The molecule has 0 spiro atoms. The molecule has 1 aromatic heterocycles. The van der Waals surface area contributed by atoms with Gasteiger partial charge in [0.05, 0.1) is 23.8 Å². The summed E-state index contributed by atoms with van der Waals surface area (Å²) >= 11 is 0. The Hall–Kier alpha value is -1.68. The van der Waals surface area contributed by atoms with Gasteiger partial charge in [-0.1, -0.05) is 6.07 Å². The molecule has 0 saturated heterocycles. The fourth-order valence-electron chi connectivity index (χ4n) is 1.49. The van der Waals surface area contributed by atoms with Crippen molar-refractivity contribution < 1.29 is 4.74 Å². The zero-order valence-corrected chi connectivity index (χ0v) is 8.49. The minimum absolute atomic E-state index is 0.0979. The monoisotopic (exact) mass is 204 g/mol. The second-order valence-corrected chi connectivity index (χ2v) is 3.33. The summed E-state index contributed by atoms with van der Waals surface area (Å²) in [6.45, 7) is 0.656. The van der Waals surface area contributed by atoms with Gasteiger partial charge in [0.2, 0.25) is 0 Å². The molecule has 15 heavy (non-hydrogen) atoms. The summed E-state index contributed by atoms with van der Waals surface area (Å²) in [6.07, 6.45) is 2.22. The first kappa shape index (κ1) is 9.86. The number of aromatic nitrogens is 2. The summed E-state index contributed by atoms with van der Waals surface area (Å²) in [5.41, 5.74) is 1.71. The van der Waals surface area contributed by atoms with E-state index in [1.165, 1.54) is 6.33 Å². The molecule has 0 saturated carbocycles. The maximum atomic E-state index is 11.5. The van der Waals surface area contributed by atoms with E-state index in [-0.39, 0.29) is 5.56 Å². The molecule has 0 aliphatic heterocycles. The Labute approximate surface area is 86.9 Å². The van der Waals surface area contributed by atoms with Gasteiger partial charge >= 0.3 is 0 Å². The molecule has 0 aliphatic rings. The van der Waals surface area contributed by atoms with Crippen LogP contribution in [0.4, 0.5) is 0 Å². The maximum Gasteiger partial charge on any atom is 0.258 e. The van der Waals surface area contributed by atoms with Gasteiger partial charge in [0.1, 0.15) is 0 Å². The lowest BCUT2D eigenvalue weighted by Crippen LogP contribution is -2.06. The van der Waals surface area contributed by atoms with Crippen molar-refractivity contribution in [3.05, 3.63) is 40.4 Å². The Bertz CT molecular complexity index is 519. The number of methoxy groups -OCH3 is 1. The first-order valence-corrected chi connectivity index (χ1v) is 4.76. The third-order valence-electron chi connectivity index (χ3n) is 2.30. The van der Waals surface area contributed by atoms with Crippen molar-refractivity contribution in [2.45, 2.75) is 6.42 Å². The number of nitrogens with one attached hydrogen (secondary N) is 1. The van der Waals surface area contributed by atoms with E-state index in [0.29, 0.717) is 12.0 Å². The minimum Gasteiger partial charge on any atom is -0.384 e. The van der Waals surface area contributed by atoms with E-state index in [9.17, 15) is 4.79 Å². The molecule has 4 heteroatoms. The van der Waals surface area contributed by atoms with Gasteiger partial charge < -0.3 is 9.72 Å². The highest BCUT2D eigenvalue weighted by Gasteiger charge is 2.00. The van der Waals surface area contributed by atoms with Gasteiger partial charge in [-0.3, -0.25) is 4.79 Å². The number of rotatable bonds is 3. The molecule has 2 rings (SSSR count). The number of H-pyrrole nitrogens is 1. The second kappa shape index (κ2) is 4.23. The van der Waals surface area contributed by atoms with E-state index in [2.05, 4.69) is 9.97 Å². The third kappa shape index (κ3) is 2.05. The summed E-state index contributed by atoms with van der Waals surface area (Å²) in [7, 11) is 1.66. The number of hydrogen-bond acceptors (Lipinski definition) is 3. The van der Waals surface area contributed by atoms with E-state index in [0.717, 1.165) is 17.5 Å². The Morgan fingerprint density at radius 3 is 3.13 bits per heavy atom. The quantitative estimate of drug-likeness (QED) is 0.814. The molecule has 1 N–H and O–H groups in total. The smallest absolute Gasteiger partial charge is 0.258 e. The average molecular weight is 204 g/mol. The zero-order chi connectivity index (χ0) is 10.7. The van der Waals surface area contributed by atoms with Crippen molar-refractivity contribution in [2.75, 3.05) is 13.7 Å². The molecule has 2 aromatic rings. The zero-order valence-electron chi connectivity index (χ0n) is 8.49. The molecule has 0 unspecified atom stereocenters. The summed E-state index contributed by atoms with van der Waals surface area (Å²) in [4.78, 5) is 18.1. The highest BCUT2D eigenvalue weighted by Crippen LogP contribution is 2.09. The van der Waals surface area contributed by atoms with Gasteiger partial charge in [0.25, 0.3) is 5.56 Å². The molecule has 4 nitrogen and oxygen atoms in total. The lowest BCUT2D eigenvalue weighted by Gasteiger charge is -2.01. The standard InChI is InChI=1S/C11H12N2O2/c1-15-5-4-8-2-3-10-9(6-8)11(14)13-7-12-10/h2-3,6-7H,4-5H2,1H3,(H,12,13,14). The number of ether oxygens (including phenoxy) is 1. The highest BCUT2D eigenvalue weighted by atomic mass is 16.5. The van der Waals surface area contributed by atoms with Crippen LogP contribution in [0.25, 0.3) is 10.9 Å². The van der Waals surface area contributed by atoms with Crippen molar-refractivity contribution >= 4 is 10.9 Å². The van der Waals surface area contributed by atoms with Crippen LogP contribution in [0.15, 0.2) is 29.3 Å². The van der Waals surface area contributed by atoms with Gasteiger partial charge in [0, 0.05) is 7.11 Å². The fourth-order valence-corrected chi connectivity index (χ4v) is 1.49. The topological polar surface area (TPSA) is 55.0 Å². The molecule has 1 aromatic carbocycles. The highest BCUT2D eigenvalue weighted by molar-refractivity contribution is 5.77. The molecule has 0 aliphatic carbocycles. The second-order valence-electron chi connectivity index (χ2n) is 3.33. The Kier molecular flexibility index (Phi) is 2.78. The van der Waals surface area contributed by atoms with Gasteiger partial charge in [-0.15, -0.1) is 0 Å². The Balaban J connectivity index is 2.45. The SMILES string of the molecule is COCCc1ccc2nc[nH]c(=O)c2c1. The molecule has 0 fully saturated rings. The van der Waals surface area contributed by atoms with Crippen molar-refractivity contribution in [2.24, 2.45) is 0 Å². The maximum absolute atomic E-state index is 11.5. The lowest BCUT2D eigenvalue weighted by molar-refractivity contribution is 0.202. The van der Waals surface area contributed by atoms with E-state index >= 15 is 0 Å². The van der Waals surface area contributed by atoms with Crippen molar-refractivity contribution in [1.29, 1.82) is 0 Å². The van der Waals surface area contributed by atoms with Crippen molar-refractivity contribution in [3.8, 4) is 0 Å². The van der Waals surface area contributed by atoms with Crippen LogP contribution in [0.2, 0.25) is 0 Å². The lowest BCUT2D eigenvalue weighted by atomic mass is 10.1. The van der Waals surface area contributed by atoms with E-state index in [4.69, 9.17) is 4.74 Å². The van der Waals surface area contributed by atoms with Crippen LogP contribution in [0, 0.1) is 0 Å². The van der Waals surface area contributed by atoms with Crippen LogP contribution in [0.3, 0.4) is 0 Å². The van der Waals surface area contributed by atoms with Crippen LogP contribution < -0.4 is 5.56 Å². The van der Waals surface area contributed by atoms with Crippen LogP contribution in [0.1, 0.15) is 5.56 Å². The molecule has 0 atom stereocenters. The summed E-state index contributed by atoms with van der Waals surface area (Å²) in [5, 5.41) is 0.631. The number of fused-ring (bicyclic) bond motifs is 1. The van der Waals surface area contributed by atoms with Crippen LogP contribution in [-0.4, -0.2) is 23.7 Å².